The lowest BCUT2D eigenvalue weighted by Gasteiger charge is -2.38. The van der Waals surface area contributed by atoms with Gasteiger partial charge in [-0.2, -0.15) is 0 Å². The van der Waals surface area contributed by atoms with Crippen molar-refractivity contribution in [3.8, 4) is 0 Å². The van der Waals surface area contributed by atoms with Crippen LogP contribution in [0.3, 0.4) is 0 Å². The first-order valence-corrected chi connectivity index (χ1v) is 4.69. The van der Waals surface area contributed by atoms with Crippen molar-refractivity contribution in [3.05, 3.63) is 29.3 Å². The van der Waals surface area contributed by atoms with E-state index in [4.69, 9.17) is 0 Å². The average Bonchev–Trinajstić information content (AvgIpc) is 2.13. The minimum absolute atomic E-state index is 0.194. The Bertz CT molecular complexity index is 356. The number of aldehydes is 1. The van der Waals surface area contributed by atoms with E-state index in [0.29, 0.717) is 18.7 Å². The summed E-state index contributed by atoms with van der Waals surface area (Å²) >= 11 is 0. The van der Waals surface area contributed by atoms with Crippen LogP contribution in [0.2, 0.25) is 0 Å². The van der Waals surface area contributed by atoms with Crippen LogP contribution in [0.5, 0.6) is 0 Å². The Kier molecular flexibility index (Phi) is 2.25. The average molecular weight is 191 g/mol. The summed E-state index contributed by atoms with van der Waals surface area (Å²) in [6, 6.07) is 5.61. The van der Waals surface area contributed by atoms with Crippen molar-refractivity contribution < 1.29 is 9.90 Å². The monoisotopic (exact) mass is 191 g/mol. The molecule has 1 N–H and O–H groups in total. The van der Waals surface area contributed by atoms with E-state index in [0.717, 1.165) is 17.5 Å². The van der Waals surface area contributed by atoms with Gasteiger partial charge >= 0.3 is 0 Å². The predicted molar refractivity (Wildman–Crippen MR) is 54.8 cm³/mol. The highest BCUT2D eigenvalue weighted by atomic mass is 16.3. The van der Waals surface area contributed by atoms with E-state index in [1.165, 1.54) is 0 Å². The molecule has 1 fully saturated rings. The minimum atomic E-state index is -0.194. The third-order valence-electron chi connectivity index (χ3n) is 2.56. The molecule has 0 spiro atoms. The van der Waals surface area contributed by atoms with Gasteiger partial charge in [-0.15, -0.1) is 0 Å². The molecule has 0 bridgehead atoms. The number of hydrogen-bond acceptors (Lipinski definition) is 3. The van der Waals surface area contributed by atoms with Crippen LogP contribution in [-0.2, 0) is 0 Å². The molecule has 2 rings (SSSR count). The lowest BCUT2D eigenvalue weighted by atomic mass is 10.1. The first kappa shape index (κ1) is 9.21. The molecule has 1 aromatic rings. The third kappa shape index (κ3) is 1.51. The van der Waals surface area contributed by atoms with Gasteiger partial charge in [0.1, 0.15) is 6.29 Å². The maximum atomic E-state index is 10.5. The predicted octanol–water partition coefficient (Wildman–Crippen LogP) is 0.988. The number of β-amino-alcohol motifs (C(OH)–C–C–N with tert-alkyl or cyclic N) is 1. The van der Waals surface area contributed by atoms with Crippen molar-refractivity contribution in [2.45, 2.75) is 13.0 Å². The summed E-state index contributed by atoms with van der Waals surface area (Å²) < 4.78 is 0. The fraction of sp³-hybridized carbons (Fsp3) is 0.364. The summed E-state index contributed by atoms with van der Waals surface area (Å²) in [5, 5.41) is 9.17. The van der Waals surface area contributed by atoms with Gasteiger partial charge in [0, 0.05) is 24.3 Å². The van der Waals surface area contributed by atoms with Gasteiger partial charge in [-0.05, 0) is 30.7 Å². The molecule has 3 heteroatoms. The van der Waals surface area contributed by atoms with Gasteiger partial charge in [-0.1, -0.05) is 0 Å². The van der Waals surface area contributed by atoms with Gasteiger partial charge in [-0.25, -0.2) is 0 Å². The number of carbonyl (C=O) groups excluding carboxylic acids is 1. The SMILES string of the molecule is Cc1cc(C=O)ccc1N1CC(O)C1. The van der Waals surface area contributed by atoms with Crippen LogP contribution in [-0.4, -0.2) is 30.6 Å². The molecule has 0 aromatic heterocycles. The highest BCUT2D eigenvalue weighted by Gasteiger charge is 2.25. The van der Waals surface area contributed by atoms with Crippen LogP contribution in [0, 0.1) is 6.92 Å². The van der Waals surface area contributed by atoms with Crippen molar-refractivity contribution in [2.75, 3.05) is 18.0 Å². The molecule has 14 heavy (non-hydrogen) atoms. The van der Waals surface area contributed by atoms with Crippen LogP contribution in [0.25, 0.3) is 0 Å². The van der Waals surface area contributed by atoms with E-state index in [-0.39, 0.29) is 6.10 Å². The lowest BCUT2D eigenvalue weighted by molar-refractivity contribution is 0.112. The molecule has 3 nitrogen and oxygen atoms in total. The Morgan fingerprint density at radius 3 is 2.71 bits per heavy atom. The zero-order valence-electron chi connectivity index (χ0n) is 8.10. The Labute approximate surface area is 83.0 Å². The maximum absolute atomic E-state index is 10.5. The van der Waals surface area contributed by atoms with E-state index in [1.807, 2.05) is 19.1 Å². The molecule has 0 unspecified atom stereocenters. The Morgan fingerprint density at radius 2 is 2.21 bits per heavy atom. The third-order valence-corrected chi connectivity index (χ3v) is 2.56. The second kappa shape index (κ2) is 3.42. The number of hydrogen-bond donors (Lipinski definition) is 1. The molecule has 0 saturated carbocycles. The number of carbonyl (C=O) groups is 1. The summed E-state index contributed by atoms with van der Waals surface area (Å²) in [4.78, 5) is 12.6. The van der Waals surface area contributed by atoms with Crippen LogP contribution in [0.4, 0.5) is 5.69 Å². The highest BCUT2D eigenvalue weighted by Crippen LogP contribution is 2.25. The van der Waals surface area contributed by atoms with Crippen LogP contribution < -0.4 is 4.90 Å². The van der Waals surface area contributed by atoms with E-state index >= 15 is 0 Å². The zero-order chi connectivity index (χ0) is 10.1. The topological polar surface area (TPSA) is 40.5 Å². The number of rotatable bonds is 2. The second-order valence-electron chi connectivity index (χ2n) is 3.72. The molecule has 0 radical (unpaired) electrons. The smallest absolute Gasteiger partial charge is 0.150 e. The fourth-order valence-corrected chi connectivity index (χ4v) is 1.76. The quantitative estimate of drug-likeness (QED) is 0.709. The molecule has 1 aliphatic heterocycles. The first-order chi connectivity index (χ1) is 6.70. The van der Waals surface area contributed by atoms with E-state index in [9.17, 15) is 9.90 Å². The van der Waals surface area contributed by atoms with Crippen molar-refractivity contribution in [3.63, 3.8) is 0 Å². The van der Waals surface area contributed by atoms with Gasteiger partial charge in [0.2, 0.25) is 0 Å². The van der Waals surface area contributed by atoms with Gasteiger partial charge in [0.25, 0.3) is 0 Å². The van der Waals surface area contributed by atoms with Crippen molar-refractivity contribution in [1.29, 1.82) is 0 Å². The van der Waals surface area contributed by atoms with Gasteiger partial charge in [0.05, 0.1) is 6.10 Å². The number of aryl methyl sites for hydroxylation is 1. The van der Waals surface area contributed by atoms with E-state index < -0.39 is 0 Å². The number of anilines is 1. The van der Waals surface area contributed by atoms with Crippen LogP contribution in [0.15, 0.2) is 18.2 Å². The number of benzene rings is 1. The van der Waals surface area contributed by atoms with Crippen LogP contribution in [0.1, 0.15) is 15.9 Å². The summed E-state index contributed by atoms with van der Waals surface area (Å²) in [7, 11) is 0. The summed E-state index contributed by atoms with van der Waals surface area (Å²) in [6.45, 7) is 3.37. The van der Waals surface area contributed by atoms with Gasteiger partial charge in [0.15, 0.2) is 0 Å². The Hall–Kier alpha value is -1.35. The molecule has 0 atom stereocenters. The van der Waals surface area contributed by atoms with Crippen molar-refractivity contribution >= 4 is 12.0 Å². The first-order valence-electron chi connectivity index (χ1n) is 4.69. The lowest BCUT2D eigenvalue weighted by Crippen LogP contribution is -2.51. The molecule has 0 aliphatic carbocycles. The largest absolute Gasteiger partial charge is 0.389 e. The maximum Gasteiger partial charge on any atom is 0.150 e. The molecule has 0 amide bonds. The fourth-order valence-electron chi connectivity index (χ4n) is 1.76. The standard InChI is InChI=1S/C11H13NO2/c1-8-4-9(7-13)2-3-11(8)12-5-10(14)6-12/h2-4,7,10,14H,5-6H2,1H3. The summed E-state index contributed by atoms with van der Waals surface area (Å²) in [5.41, 5.74) is 2.90. The Balaban J connectivity index is 2.22. The molecule has 1 heterocycles. The Morgan fingerprint density at radius 1 is 1.50 bits per heavy atom. The number of aliphatic hydroxyl groups is 1. The van der Waals surface area contributed by atoms with Crippen molar-refractivity contribution in [1.82, 2.24) is 0 Å². The number of nitrogens with zero attached hydrogens (tertiary/aromatic N) is 1. The van der Waals surface area contributed by atoms with E-state index in [1.54, 1.807) is 6.07 Å². The molecule has 1 aliphatic rings. The highest BCUT2D eigenvalue weighted by molar-refractivity contribution is 5.77. The minimum Gasteiger partial charge on any atom is -0.389 e. The summed E-state index contributed by atoms with van der Waals surface area (Å²) in [6.07, 6.45) is 0.655. The van der Waals surface area contributed by atoms with Crippen molar-refractivity contribution in [2.24, 2.45) is 0 Å². The van der Waals surface area contributed by atoms with Gasteiger partial charge < -0.3 is 10.0 Å². The molecular formula is C11H13NO2. The molecule has 1 saturated heterocycles. The number of aliphatic hydroxyl groups excluding tert-OH is 1. The molecular weight excluding hydrogens is 178 g/mol. The second-order valence-corrected chi connectivity index (χ2v) is 3.72. The summed E-state index contributed by atoms with van der Waals surface area (Å²) in [5.74, 6) is 0. The normalized spacial score (nSPS) is 16.6. The van der Waals surface area contributed by atoms with Gasteiger partial charge in [-0.3, -0.25) is 4.79 Å². The van der Waals surface area contributed by atoms with E-state index in [2.05, 4.69) is 4.90 Å². The zero-order valence-corrected chi connectivity index (χ0v) is 8.10. The molecule has 1 aromatic carbocycles. The van der Waals surface area contributed by atoms with Crippen LogP contribution >= 0.6 is 0 Å². The molecule has 74 valence electrons.